The van der Waals surface area contributed by atoms with Gasteiger partial charge in [0.2, 0.25) is 0 Å². The molecule has 1 aromatic rings. The van der Waals surface area contributed by atoms with E-state index in [-0.39, 0.29) is 0 Å². The van der Waals surface area contributed by atoms with E-state index in [2.05, 4.69) is 60.6 Å². The molecule has 1 saturated heterocycles. The number of guanidine groups is 1. The number of benzene rings is 1. The van der Waals surface area contributed by atoms with Crippen molar-refractivity contribution in [3.8, 4) is 0 Å². The standard InChI is InChI=1S/C18H30N4/c1-4-19-18(20-13-16-9-6-8-15(3)12-16)21-14-17-10-7-11-22(17)5-2/h6,8-9,12,17H,4-5,7,10-11,13-14H2,1-3H3,(H2,19,20,21). The number of likely N-dealkylation sites (N-methyl/N-ethyl adjacent to an activating group) is 1. The predicted molar refractivity (Wildman–Crippen MR) is 94.3 cm³/mol. The number of nitrogens with one attached hydrogen (secondary N) is 2. The molecule has 2 rings (SSSR count). The first kappa shape index (κ1) is 16.8. The fourth-order valence-electron chi connectivity index (χ4n) is 3.08. The normalized spacial score (nSPS) is 19.4. The zero-order valence-corrected chi connectivity index (χ0v) is 14.2. The summed E-state index contributed by atoms with van der Waals surface area (Å²) in [6.45, 7) is 11.4. The molecular weight excluding hydrogens is 272 g/mol. The number of nitrogens with zero attached hydrogens (tertiary/aromatic N) is 2. The van der Waals surface area contributed by atoms with Crippen LogP contribution in [0.4, 0.5) is 0 Å². The van der Waals surface area contributed by atoms with Gasteiger partial charge in [-0.3, -0.25) is 4.90 Å². The topological polar surface area (TPSA) is 39.7 Å². The SMILES string of the molecule is CCNC(=NCc1cccc(C)c1)NCC1CCCN1CC. The summed E-state index contributed by atoms with van der Waals surface area (Å²) in [5.41, 5.74) is 2.54. The minimum atomic E-state index is 0.646. The Hall–Kier alpha value is -1.55. The van der Waals surface area contributed by atoms with Crippen molar-refractivity contribution < 1.29 is 0 Å². The highest BCUT2D eigenvalue weighted by Crippen LogP contribution is 2.15. The minimum Gasteiger partial charge on any atom is -0.357 e. The van der Waals surface area contributed by atoms with Gasteiger partial charge in [0.15, 0.2) is 5.96 Å². The number of aliphatic imine (C=N–C) groups is 1. The number of hydrogen-bond acceptors (Lipinski definition) is 2. The monoisotopic (exact) mass is 302 g/mol. The lowest BCUT2D eigenvalue weighted by Gasteiger charge is -2.24. The van der Waals surface area contributed by atoms with E-state index in [1.54, 1.807) is 0 Å². The molecule has 4 nitrogen and oxygen atoms in total. The van der Waals surface area contributed by atoms with Gasteiger partial charge in [0.1, 0.15) is 0 Å². The zero-order valence-electron chi connectivity index (χ0n) is 14.2. The molecule has 1 fully saturated rings. The third-order valence-electron chi connectivity index (χ3n) is 4.26. The van der Waals surface area contributed by atoms with Gasteiger partial charge in [-0.1, -0.05) is 36.8 Å². The van der Waals surface area contributed by atoms with Gasteiger partial charge in [0.05, 0.1) is 6.54 Å². The molecule has 1 atom stereocenters. The Kier molecular flexibility index (Phi) is 6.72. The number of aryl methyl sites for hydroxylation is 1. The maximum absolute atomic E-state index is 4.71. The van der Waals surface area contributed by atoms with Gasteiger partial charge < -0.3 is 10.6 Å². The van der Waals surface area contributed by atoms with Crippen molar-refractivity contribution in [1.82, 2.24) is 15.5 Å². The van der Waals surface area contributed by atoms with Crippen molar-refractivity contribution in [3.63, 3.8) is 0 Å². The first-order valence-electron chi connectivity index (χ1n) is 8.54. The van der Waals surface area contributed by atoms with Gasteiger partial charge in [-0.2, -0.15) is 0 Å². The van der Waals surface area contributed by atoms with Crippen LogP contribution in [0.15, 0.2) is 29.3 Å². The summed E-state index contributed by atoms with van der Waals surface area (Å²) >= 11 is 0. The Labute approximate surface area is 135 Å². The Morgan fingerprint density at radius 3 is 2.91 bits per heavy atom. The zero-order chi connectivity index (χ0) is 15.8. The molecule has 0 spiro atoms. The highest BCUT2D eigenvalue weighted by molar-refractivity contribution is 5.79. The van der Waals surface area contributed by atoms with Crippen molar-refractivity contribution in [2.24, 2.45) is 4.99 Å². The fourth-order valence-corrected chi connectivity index (χ4v) is 3.08. The Bertz CT molecular complexity index is 484. The molecule has 0 radical (unpaired) electrons. The largest absolute Gasteiger partial charge is 0.357 e. The smallest absolute Gasteiger partial charge is 0.191 e. The highest BCUT2D eigenvalue weighted by Gasteiger charge is 2.22. The predicted octanol–water partition coefficient (Wildman–Crippen LogP) is 2.53. The second-order valence-corrected chi connectivity index (χ2v) is 5.99. The number of hydrogen-bond donors (Lipinski definition) is 2. The van der Waals surface area contributed by atoms with E-state index in [0.29, 0.717) is 6.04 Å². The van der Waals surface area contributed by atoms with Crippen LogP contribution in [0, 0.1) is 6.92 Å². The van der Waals surface area contributed by atoms with Crippen LogP contribution in [0.5, 0.6) is 0 Å². The fraction of sp³-hybridized carbons (Fsp3) is 0.611. The van der Waals surface area contributed by atoms with Gasteiger partial charge in [-0.25, -0.2) is 4.99 Å². The van der Waals surface area contributed by atoms with E-state index in [1.807, 2.05) is 0 Å². The molecule has 0 bridgehead atoms. The van der Waals surface area contributed by atoms with Crippen LogP contribution >= 0.6 is 0 Å². The summed E-state index contributed by atoms with van der Waals surface area (Å²) in [4.78, 5) is 7.27. The molecule has 1 unspecified atom stereocenters. The molecule has 1 heterocycles. The van der Waals surface area contributed by atoms with Crippen LogP contribution in [0.2, 0.25) is 0 Å². The summed E-state index contributed by atoms with van der Waals surface area (Å²) < 4.78 is 0. The Morgan fingerprint density at radius 1 is 1.32 bits per heavy atom. The summed E-state index contributed by atoms with van der Waals surface area (Å²) in [6.07, 6.45) is 2.61. The van der Waals surface area contributed by atoms with E-state index < -0.39 is 0 Å². The first-order chi connectivity index (χ1) is 10.7. The molecule has 22 heavy (non-hydrogen) atoms. The van der Waals surface area contributed by atoms with Crippen LogP contribution in [-0.4, -0.2) is 43.1 Å². The van der Waals surface area contributed by atoms with Crippen molar-refractivity contribution in [2.75, 3.05) is 26.2 Å². The number of likely N-dealkylation sites (tertiary alicyclic amines) is 1. The first-order valence-corrected chi connectivity index (χ1v) is 8.54. The van der Waals surface area contributed by atoms with Crippen molar-refractivity contribution >= 4 is 5.96 Å². The Balaban J connectivity index is 1.89. The Morgan fingerprint density at radius 2 is 2.18 bits per heavy atom. The molecule has 0 saturated carbocycles. The van der Waals surface area contributed by atoms with E-state index in [0.717, 1.165) is 32.1 Å². The van der Waals surface area contributed by atoms with Gasteiger partial charge in [-0.05, 0) is 45.3 Å². The molecular formula is C18H30N4. The summed E-state index contributed by atoms with van der Waals surface area (Å²) in [5, 5.41) is 6.85. The van der Waals surface area contributed by atoms with Gasteiger partial charge in [0.25, 0.3) is 0 Å². The lowest BCUT2D eigenvalue weighted by molar-refractivity contribution is 0.267. The van der Waals surface area contributed by atoms with E-state index in [4.69, 9.17) is 4.99 Å². The lowest BCUT2D eigenvalue weighted by Crippen LogP contribution is -2.44. The van der Waals surface area contributed by atoms with Crippen LogP contribution in [0.25, 0.3) is 0 Å². The molecule has 1 aliphatic rings. The maximum atomic E-state index is 4.71. The van der Waals surface area contributed by atoms with Crippen LogP contribution in [-0.2, 0) is 6.54 Å². The summed E-state index contributed by atoms with van der Waals surface area (Å²) in [5.74, 6) is 0.923. The molecule has 122 valence electrons. The van der Waals surface area contributed by atoms with Crippen LogP contribution in [0.3, 0.4) is 0 Å². The molecule has 4 heteroatoms. The lowest BCUT2D eigenvalue weighted by atomic mass is 10.1. The van der Waals surface area contributed by atoms with E-state index in [9.17, 15) is 0 Å². The van der Waals surface area contributed by atoms with E-state index >= 15 is 0 Å². The molecule has 0 aromatic heterocycles. The highest BCUT2D eigenvalue weighted by atomic mass is 15.2. The number of rotatable bonds is 6. The van der Waals surface area contributed by atoms with Crippen molar-refractivity contribution in [3.05, 3.63) is 35.4 Å². The van der Waals surface area contributed by atoms with Crippen molar-refractivity contribution in [2.45, 2.75) is 46.2 Å². The molecule has 0 aliphatic carbocycles. The maximum Gasteiger partial charge on any atom is 0.191 e. The molecule has 1 aromatic carbocycles. The van der Waals surface area contributed by atoms with Gasteiger partial charge in [0, 0.05) is 19.1 Å². The average Bonchev–Trinajstić information content (AvgIpc) is 2.97. The molecule has 2 N–H and O–H groups in total. The van der Waals surface area contributed by atoms with E-state index in [1.165, 1.54) is 30.5 Å². The molecule has 0 amide bonds. The van der Waals surface area contributed by atoms with Crippen LogP contribution < -0.4 is 10.6 Å². The summed E-state index contributed by atoms with van der Waals surface area (Å²) in [7, 11) is 0. The van der Waals surface area contributed by atoms with Crippen LogP contribution in [0.1, 0.15) is 37.8 Å². The second kappa shape index (κ2) is 8.79. The van der Waals surface area contributed by atoms with Gasteiger partial charge >= 0.3 is 0 Å². The quantitative estimate of drug-likeness (QED) is 0.626. The minimum absolute atomic E-state index is 0.646. The average molecular weight is 302 g/mol. The summed E-state index contributed by atoms with van der Waals surface area (Å²) in [6, 6.07) is 9.19. The third-order valence-corrected chi connectivity index (χ3v) is 4.26. The van der Waals surface area contributed by atoms with Crippen molar-refractivity contribution in [1.29, 1.82) is 0 Å². The second-order valence-electron chi connectivity index (χ2n) is 5.99. The third kappa shape index (κ3) is 5.02. The molecule has 1 aliphatic heterocycles. The van der Waals surface area contributed by atoms with Gasteiger partial charge in [-0.15, -0.1) is 0 Å².